The molecule has 0 spiro atoms. The molecular weight excluding hydrogens is 300 g/mol. The molecule has 2 heterocycles. The van der Waals surface area contributed by atoms with Crippen LogP contribution >= 0.6 is 0 Å². The number of rotatable bonds is 4. The summed E-state index contributed by atoms with van der Waals surface area (Å²) in [6, 6.07) is 11.8. The molecule has 0 saturated carbocycles. The summed E-state index contributed by atoms with van der Waals surface area (Å²) >= 11 is 0. The molecule has 0 atom stereocenters. The van der Waals surface area contributed by atoms with Gasteiger partial charge in [-0.2, -0.15) is 0 Å². The van der Waals surface area contributed by atoms with E-state index >= 15 is 0 Å². The lowest BCUT2D eigenvalue weighted by Crippen LogP contribution is -2.13. The molecule has 0 aliphatic heterocycles. The van der Waals surface area contributed by atoms with Gasteiger partial charge in [-0.15, -0.1) is 0 Å². The number of carbonyl (C=O) groups is 1. The van der Waals surface area contributed by atoms with E-state index in [9.17, 15) is 4.79 Å². The van der Waals surface area contributed by atoms with Crippen LogP contribution in [0.2, 0.25) is 0 Å². The van der Waals surface area contributed by atoms with Crippen LogP contribution in [0.4, 0.5) is 5.69 Å². The molecule has 0 saturated heterocycles. The number of anilines is 1. The average Bonchev–Trinajstić information content (AvgIpc) is 3.10. The standard InChI is InChI=1S/C20H22N2O2/c1-13-8-14(2)10-17(9-13)21-20(23)19-11-15(3)22(16(19)4)12-18-6-5-7-24-18/h5-11H,12H2,1-4H3,(H,21,23). The Hall–Kier alpha value is -2.75. The second kappa shape index (κ2) is 6.40. The van der Waals surface area contributed by atoms with Crippen LogP contribution in [0.25, 0.3) is 0 Å². The van der Waals surface area contributed by atoms with Crippen molar-refractivity contribution in [1.82, 2.24) is 4.57 Å². The van der Waals surface area contributed by atoms with Crippen LogP contribution in [0.15, 0.2) is 47.1 Å². The zero-order chi connectivity index (χ0) is 17.3. The number of nitrogens with zero attached hydrogens (tertiary/aromatic N) is 1. The Kier molecular flexibility index (Phi) is 4.30. The van der Waals surface area contributed by atoms with E-state index in [-0.39, 0.29) is 5.91 Å². The van der Waals surface area contributed by atoms with Crippen molar-refractivity contribution in [3.05, 3.63) is 76.5 Å². The highest BCUT2D eigenvalue weighted by Crippen LogP contribution is 2.20. The maximum atomic E-state index is 12.7. The fourth-order valence-corrected chi connectivity index (χ4v) is 3.08. The monoisotopic (exact) mass is 322 g/mol. The predicted octanol–water partition coefficient (Wildman–Crippen LogP) is 4.62. The number of hydrogen-bond acceptors (Lipinski definition) is 2. The maximum absolute atomic E-state index is 12.7. The minimum Gasteiger partial charge on any atom is -0.467 e. The lowest BCUT2D eigenvalue weighted by Gasteiger charge is -2.09. The van der Waals surface area contributed by atoms with E-state index in [1.54, 1.807) is 6.26 Å². The van der Waals surface area contributed by atoms with Crippen LogP contribution in [0.5, 0.6) is 0 Å². The molecule has 3 rings (SSSR count). The molecule has 0 bridgehead atoms. The van der Waals surface area contributed by atoms with Crippen molar-refractivity contribution in [2.75, 3.05) is 5.32 Å². The number of benzene rings is 1. The lowest BCUT2D eigenvalue weighted by molar-refractivity contribution is 0.102. The molecule has 0 fully saturated rings. The van der Waals surface area contributed by atoms with Gasteiger partial charge in [-0.05, 0) is 69.2 Å². The van der Waals surface area contributed by atoms with Gasteiger partial charge in [0.2, 0.25) is 0 Å². The number of carbonyl (C=O) groups excluding carboxylic acids is 1. The highest BCUT2D eigenvalue weighted by molar-refractivity contribution is 6.05. The fraction of sp³-hybridized carbons (Fsp3) is 0.250. The van der Waals surface area contributed by atoms with E-state index in [4.69, 9.17) is 4.42 Å². The summed E-state index contributed by atoms with van der Waals surface area (Å²) in [5.74, 6) is 0.789. The Morgan fingerprint density at radius 1 is 1.08 bits per heavy atom. The molecule has 1 aromatic carbocycles. The number of amides is 1. The van der Waals surface area contributed by atoms with Crippen LogP contribution in [0.1, 0.15) is 38.6 Å². The average molecular weight is 322 g/mol. The molecule has 0 unspecified atom stereocenters. The van der Waals surface area contributed by atoms with Crippen molar-refractivity contribution in [3.8, 4) is 0 Å². The van der Waals surface area contributed by atoms with Gasteiger partial charge < -0.3 is 14.3 Å². The molecule has 4 nitrogen and oxygen atoms in total. The number of furan rings is 1. The minimum atomic E-state index is -0.0844. The summed E-state index contributed by atoms with van der Waals surface area (Å²) in [5.41, 5.74) is 5.76. The summed E-state index contributed by atoms with van der Waals surface area (Å²) in [5, 5.41) is 3.00. The Morgan fingerprint density at radius 3 is 2.42 bits per heavy atom. The van der Waals surface area contributed by atoms with Gasteiger partial charge in [-0.1, -0.05) is 6.07 Å². The first-order chi connectivity index (χ1) is 11.4. The molecule has 124 valence electrons. The molecular formula is C20H22N2O2. The van der Waals surface area contributed by atoms with Crippen LogP contribution in [0, 0.1) is 27.7 Å². The van der Waals surface area contributed by atoms with Crippen molar-refractivity contribution in [3.63, 3.8) is 0 Å². The first-order valence-electron chi connectivity index (χ1n) is 8.03. The van der Waals surface area contributed by atoms with Gasteiger partial charge in [0.15, 0.2) is 0 Å². The van der Waals surface area contributed by atoms with Crippen LogP contribution in [0.3, 0.4) is 0 Å². The van der Waals surface area contributed by atoms with Crippen molar-refractivity contribution in [2.45, 2.75) is 34.2 Å². The molecule has 0 aliphatic carbocycles. The lowest BCUT2D eigenvalue weighted by atomic mass is 10.1. The smallest absolute Gasteiger partial charge is 0.257 e. The molecule has 0 radical (unpaired) electrons. The number of nitrogens with one attached hydrogen (secondary N) is 1. The molecule has 1 amide bonds. The van der Waals surface area contributed by atoms with Crippen LogP contribution in [-0.4, -0.2) is 10.5 Å². The highest BCUT2D eigenvalue weighted by atomic mass is 16.3. The van der Waals surface area contributed by atoms with Crippen LogP contribution < -0.4 is 5.32 Å². The molecule has 0 aliphatic rings. The third-order valence-electron chi connectivity index (χ3n) is 4.19. The Morgan fingerprint density at radius 2 is 1.79 bits per heavy atom. The summed E-state index contributed by atoms with van der Waals surface area (Å²) in [6.45, 7) is 8.65. The topological polar surface area (TPSA) is 47.2 Å². The predicted molar refractivity (Wildman–Crippen MR) is 95.6 cm³/mol. The van der Waals surface area contributed by atoms with Gasteiger partial charge >= 0.3 is 0 Å². The molecule has 1 N–H and O–H groups in total. The third kappa shape index (κ3) is 3.27. The Labute approximate surface area is 142 Å². The van der Waals surface area contributed by atoms with Gasteiger partial charge in [0.25, 0.3) is 5.91 Å². The molecule has 24 heavy (non-hydrogen) atoms. The van der Waals surface area contributed by atoms with Crippen molar-refractivity contribution < 1.29 is 9.21 Å². The minimum absolute atomic E-state index is 0.0844. The Balaban J connectivity index is 1.85. The van der Waals surface area contributed by atoms with E-state index in [0.717, 1.165) is 34.0 Å². The first-order valence-corrected chi connectivity index (χ1v) is 8.03. The third-order valence-corrected chi connectivity index (χ3v) is 4.19. The molecule has 3 aromatic rings. The van der Waals surface area contributed by atoms with Crippen molar-refractivity contribution in [1.29, 1.82) is 0 Å². The van der Waals surface area contributed by atoms with E-state index in [2.05, 4.69) is 16.0 Å². The van der Waals surface area contributed by atoms with E-state index in [0.29, 0.717) is 12.1 Å². The maximum Gasteiger partial charge on any atom is 0.257 e. The van der Waals surface area contributed by atoms with Gasteiger partial charge in [0.05, 0.1) is 18.4 Å². The number of hydrogen-bond donors (Lipinski definition) is 1. The largest absolute Gasteiger partial charge is 0.467 e. The zero-order valence-corrected chi connectivity index (χ0v) is 14.5. The summed E-state index contributed by atoms with van der Waals surface area (Å²) < 4.78 is 7.51. The zero-order valence-electron chi connectivity index (χ0n) is 14.5. The summed E-state index contributed by atoms with van der Waals surface area (Å²) in [6.07, 6.45) is 1.66. The van der Waals surface area contributed by atoms with Crippen molar-refractivity contribution in [2.24, 2.45) is 0 Å². The van der Waals surface area contributed by atoms with Crippen LogP contribution in [-0.2, 0) is 6.54 Å². The fourth-order valence-electron chi connectivity index (χ4n) is 3.08. The van der Waals surface area contributed by atoms with Crippen molar-refractivity contribution >= 4 is 11.6 Å². The first kappa shape index (κ1) is 16.1. The van der Waals surface area contributed by atoms with E-state index in [1.165, 1.54) is 0 Å². The van der Waals surface area contributed by atoms with Gasteiger partial charge in [-0.25, -0.2) is 0 Å². The van der Waals surface area contributed by atoms with E-state index < -0.39 is 0 Å². The second-order valence-corrected chi connectivity index (χ2v) is 6.28. The second-order valence-electron chi connectivity index (χ2n) is 6.28. The Bertz CT molecular complexity index is 853. The van der Waals surface area contributed by atoms with Gasteiger partial charge in [-0.3, -0.25) is 4.79 Å². The SMILES string of the molecule is Cc1cc(C)cc(NC(=O)c2cc(C)n(Cc3ccco3)c2C)c1. The highest BCUT2D eigenvalue weighted by Gasteiger charge is 2.16. The summed E-state index contributed by atoms with van der Waals surface area (Å²) in [4.78, 5) is 12.7. The quantitative estimate of drug-likeness (QED) is 0.762. The van der Waals surface area contributed by atoms with Gasteiger partial charge in [0.1, 0.15) is 5.76 Å². The number of aryl methyl sites for hydroxylation is 3. The van der Waals surface area contributed by atoms with Gasteiger partial charge in [0, 0.05) is 17.1 Å². The molecule has 4 heteroatoms. The van der Waals surface area contributed by atoms with E-state index in [1.807, 2.05) is 58.0 Å². The number of aromatic nitrogens is 1. The summed E-state index contributed by atoms with van der Waals surface area (Å²) in [7, 11) is 0. The normalized spacial score (nSPS) is 10.8. The molecule has 2 aromatic heterocycles.